The zero-order valence-electron chi connectivity index (χ0n) is 13.4. The average Bonchev–Trinajstić information content (AvgIpc) is 3.18. The van der Waals surface area contributed by atoms with Crippen LogP contribution >= 0.6 is 11.3 Å². The zero-order valence-corrected chi connectivity index (χ0v) is 14.2. The van der Waals surface area contributed by atoms with E-state index in [9.17, 15) is 9.59 Å². The third-order valence-corrected chi connectivity index (χ3v) is 4.21. The minimum absolute atomic E-state index is 0.179. The number of amides is 1. The molecule has 2 aromatic heterocycles. The van der Waals surface area contributed by atoms with Gasteiger partial charge >= 0.3 is 5.97 Å². The van der Waals surface area contributed by atoms with Crippen LogP contribution in [-0.4, -0.2) is 24.0 Å². The number of pyridine rings is 1. The second kappa shape index (κ2) is 7.59. The zero-order chi connectivity index (χ0) is 17.6. The Bertz CT molecular complexity index is 860. The van der Waals surface area contributed by atoms with Crippen LogP contribution in [0.5, 0.6) is 0 Å². The number of aromatic nitrogens is 1. The molecule has 0 bridgehead atoms. The van der Waals surface area contributed by atoms with Crippen LogP contribution in [0.3, 0.4) is 0 Å². The minimum atomic E-state index is -0.376. The molecule has 2 heterocycles. The summed E-state index contributed by atoms with van der Waals surface area (Å²) in [7, 11) is 1.35. The summed E-state index contributed by atoms with van der Waals surface area (Å²) in [5, 5.41) is 7.76. The fourth-order valence-corrected chi connectivity index (χ4v) is 2.72. The molecule has 2 N–H and O–H groups in total. The highest BCUT2D eigenvalue weighted by molar-refractivity contribution is 7.12. The van der Waals surface area contributed by atoms with Crippen molar-refractivity contribution in [3.63, 3.8) is 0 Å². The Hall–Kier alpha value is -3.19. The van der Waals surface area contributed by atoms with Crippen molar-refractivity contribution < 1.29 is 14.3 Å². The number of thiophene rings is 1. The van der Waals surface area contributed by atoms with Gasteiger partial charge in [-0.05, 0) is 47.8 Å². The van der Waals surface area contributed by atoms with Crippen LogP contribution in [0.1, 0.15) is 20.0 Å². The second-order valence-corrected chi connectivity index (χ2v) is 6.01. The van der Waals surface area contributed by atoms with Gasteiger partial charge in [-0.1, -0.05) is 6.07 Å². The van der Waals surface area contributed by atoms with E-state index in [-0.39, 0.29) is 11.9 Å². The molecule has 0 unspecified atom stereocenters. The molecule has 0 atom stereocenters. The van der Waals surface area contributed by atoms with E-state index in [2.05, 4.69) is 20.4 Å². The molecule has 1 aromatic carbocycles. The van der Waals surface area contributed by atoms with E-state index in [4.69, 9.17) is 0 Å². The lowest BCUT2D eigenvalue weighted by molar-refractivity contribution is 0.0600. The maximum atomic E-state index is 12.0. The molecular formula is C18H15N3O3S. The van der Waals surface area contributed by atoms with Crippen molar-refractivity contribution in [3.8, 4) is 0 Å². The van der Waals surface area contributed by atoms with Crippen LogP contribution in [0.15, 0.2) is 60.1 Å². The fourth-order valence-electron chi connectivity index (χ4n) is 2.10. The lowest BCUT2D eigenvalue weighted by atomic mass is 10.2. The number of ether oxygens (including phenoxy) is 1. The molecule has 126 valence electrons. The number of carbonyl (C=O) groups is 2. The number of nitrogens with zero attached hydrogens (tertiary/aromatic N) is 1. The third kappa shape index (κ3) is 4.21. The molecule has 0 radical (unpaired) electrons. The smallest absolute Gasteiger partial charge is 0.337 e. The van der Waals surface area contributed by atoms with Gasteiger partial charge in [-0.25, -0.2) is 9.78 Å². The summed E-state index contributed by atoms with van der Waals surface area (Å²) in [5.74, 6) is -0.0781. The maximum Gasteiger partial charge on any atom is 0.337 e. The van der Waals surface area contributed by atoms with E-state index in [1.54, 1.807) is 42.6 Å². The van der Waals surface area contributed by atoms with Crippen molar-refractivity contribution in [3.05, 3.63) is 70.5 Å². The van der Waals surface area contributed by atoms with Crippen LogP contribution < -0.4 is 10.6 Å². The predicted octanol–water partition coefficient (Wildman–Crippen LogP) is 3.93. The molecule has 0 aliphatic heterocycles. The summed E-state index contributed by atoms with van der Waals surface area (Å²) in [5.41, 5.74) is 2.06. The van der Waals surface area contributed by atoms with E-state index in [0.29, 0.717) is 16.3 Å². The Labute approximate surface area is 148 Å². The van der Waals surface area contributed by atoms with Crippen LogP contribution in [0.25, 0.3) is 0 Å². The van der Waals surface area contributed by atoms with Gasteiger partial charge in [0.15, 0.2) is 0 Å². The summed E-state index contributed by atoms with van der Waals surface area (Å²) >= 11 is 1.37. The number of carbonyl (C=O) groups excluding carboxylic acids is 2. The Morgan fingerprint density at radius 2 is 1.80 bits per heavy atom. The molecule has 6 nitrogen and oxygen atoms in total. The first kappa shape index (κ1) is 16.7. The number of nitrogens with one attached hydrogen (secondary N) is 2. The summed E-state index contributed by atoms with van der Waals surface area (Å²) in [6.45, 7) is 0. The SMILES string of the molecule is COC(=O)c1ccc(Nc2ccc(NC(=O)c3cccs3)nc2)cc1. The van der Waals surface area contributed by atoms with Gasteiger partial charge in [0.2, 0.25) is 0 Å². The highest BCUT2D eigenvalue weighted by Crippen LogP contribution is 2.18. The molecule has 0 aliphatic carbocycles. The Balaban J connectivity index is 1.62. The van der Waals surface area contributed by atoms with Crippen molar-refractivity contribution in [2.75, 3.05) is 17.7 Å². The van der Waals surface area contributed by atoms with E-state index in [1.807, 2.05) is 17.5 Å². The van der Waals surface area contributed by atoms with Gasteiger partial charge in [-0.3, -0.25) is 4.79 Å². The Morgan fingerprint density at radius 1 is 1.04 bits per heavy atom. The molecule has 0 fully saturated rings. The van der Waals surface area contributed by atoms with Crippen molar-refractivity contribution in [1.82, 2.24) is 4.98 Å². The van der Waals surface area contributed by atoms with Crippen LogP contribution in [0, 0.1) is 0 Å². The predicted molar refractivity (Wildman–Crippen MR) is 97.6 cm³/mol. The first-order chi connectivity index (χ1) is 12.2. The third-order valence-electron chi connectivity index (χ3n) is 3.34. The van der Waals surface area contributed by atoms with E-state index < -0.39 is 0 Å². The van der Waals surface area contributed by atoms with E-state index >= 15 is 0 Å². The fraction of sp³-hybridized carbons (Fsp3) is 0.0556. The Morgan fingerprint density at radius 3 is 2.40 bits per heavy atom. The first-order valence-electron chi connectivity index (χ1n) is 7.42. The number of anilines is 3. The number of methoxy groups -OCH3 is 1. The molecule has 1 amide bonds. The van der Waals surface area contributed by atoms with Gasteiger partial charge in [-0.2, -0.15) is 0 Å². The van der Waals surface area contributed by atoms with Crippen molar-refractivity contribution in [2.45, 2.75) is 0 Å². The summed E-state index contributed by atoms with van der Waals surface area (Å²) in [4.78, 5) is 28.2. The van der Waals surface area contributed by atoms with E-state index in [1.165, 1.54) is 18.4 Å². The number of rotatable bonds is 5. The monoisotopic (exact) mass is 353 g/mol. The number of hydrogen-bond donors (Lipinski definition) is 2. The Kier molecular flexibility index (Phi) is 5.06. The highest BCUT2D eigenvalue weighted by atomic mass is 32.1. The lowest BCUT2D eigenvalue weighted by Gasteiger charge is -2.08. The van der Waals surface area contributed by atoms with Crippen molar-refractivity contribution in [2.24, 2.45) is 0 Å². The van der Waals surface area contributed by atoms with Gasteiger partial charge in [0.05, 0.1) is 29.4 Å². The molecule has 0 spiro atoms. The molecule has 3 rings (SSSR count). The van der Waals surface area contributed by atoms with Gasteiger partial charge < -0.3 is 15.4 Å². The molecule has 25 heavy (non-hydrogen) atoms. The minimum Gasteiger partial charge on any atom is -0.465 e. The normalized spacial score (nSPS) is 10.1. The summed E-state index contributed by atoms with van der Waals surface area (Å²) in [6, 6.07) is 14.0. The summed E-state index contributed by atoms with van der Waals surface area (Å²) in [6.07, 6.45) is 1.62. The van der Waals surface area contributed by atoms with Gasteiger partial charge in [0.1, 0.15) is 5.82 Å². The largest absolute Gasteiger partial charge is 0.465 e. The number of hydrogen-bond acceptors (Lipinski definition) is 6. The average molecular weight is 353 g/mol. The van der Waals surface area contributed by atoms with Crippen LogP contribution in [0.4, 0.5) is 17.2 Å². The van der Waals surface area contributed by atoms with Crippen molar-refractivity contribution in [1.29, 1.82) is 0 Å². The molecule has 7 heteroatoms. The molecule has 3 aromatic rings. The quantitative estimate of drug-likeness (QED) is 0.680. The number of benzene rings is 1. The molecular weight excluding hydrogens is 338 g/mol. The molecule has 0 saturated heterocycles. The highest BCUT2D eigenvalue weighted by Gasteiger charge is 2.08. The first-order valence-corrected chi connectivity index (χ1v) is 8.30. The molecule has 0 aliphatic rings. The number of esters is 1. The summed E-state index contributed by atoms with van der Waals surface area (Å²) < 4.78 is 4.66. The second-order valence-electron chi connectivity index (χ2n) is 5.06. The maximum absolute atomic E-state index is 12.0. The van der Waals surface area contributed by atoms with Gasteiger partial charge in [0.25, 0.3) is 5.91 Å². The standard InChI is InChI=1S/C18H15N3O3S/c1-24-18(23)12-4-6-13(7-5-12)20-14-8-9-16(19-11-14)21-17(22)15-3-2-10-25-15/h2-11,20H,1H3,(H,19,21,22). The lowest BCUT2D eigenvalue weighted by Crippen LogP contribution is -2.11. The van der Waals surface area contributed by atoms with E-state index in [0.717, 1.165) is 11.4 Å². The van der Waals surface area contributed by atoms with Crippen LogP contribution in [0.2, 0.25) is 0 Å². The van der Waals surface area contributed by atoms with Gasteiger partial charge in [0, 0.05) is 5.69 Å². The van der Waals surface area contributed by atoms with Crippen LogP contribution in [-0.2, 0) is 4.74 Å². The van der Waals surface area contributed by atoms with Crippen molar-refractivity contribution >= 4 is 40.4 Å². The van der Waals surface area contributed by atoms with Gasteiger partial charge in [-0.15, -0.1) is 11.3 Å². The molecule has 0 saturated carbocycles. The topological polar surface area (TPSA) is 80.3 Å².